The van der Waals surface area contributed by atoms with Crippen LogP contribution in [0.5, 0.6) is 5.75 Å². The van der Waals surface area contributed by atoms with Gasteiger partial charge in [-0.2, -0.15) is 0 Å². The molecular weight excluding hydrogens is 533 g/mol. The Hall–Kier alpha value is -3.92. The molecule has 0 heterocycles. The van der Waals surface area contributed by atoms with Crippen LogP contribution in [0, 0.1) is 19.7 Å². The molecule has 0 radical (unpaired) electrons. The summed E-state index contributed by atoms with van der Waals surface area (Å²) in [5.41, 5.74) is 2.44. The lowest BCUT2D eigenvalue weighted by atomic mass is 10.1. The molecule has 0 aliphatic heterocycles. The van der Waals surface area contributed by atoms with E-state index >= 15 is 0 Å². The number of halogens is 1. The first-order valence-electron chi connectivity index (χ1n) is 13.1. The minimum atomic E-state index is -4.23. The Kier molecular flexibility index (Phi) is 10.3. The van der Waals surface area contributed by atoms with Crippen molar-refractivity contribution in [2.75, 3.05) is 24.5 Å². The van der Waals surface area contributed by atoms with Crippen molar-refractivity contribution in [3.05, 3.63) is 89.2 Å². The molecule has 0 aliphatic rings. The van der Waals surface area contributed by atoms with E-state index in [4.69, 9.17) is 4.74 Å². The molecule has 3 aromatic rings. The van der Waals surface area contributed by atoms with Crippen molar-refractivity contribution in [1.82, 2.24) is 10.2 Å². The summed E-state index contributed by atoms with van der Waals surface area (Å²) in [6, 6.07) is 16.2. The predicted octanol–water partition coefficient (Wildman–Crippen LogP) is 4.59. The number of benzene rings is 3. The van der Waals surface area contributed by atoms with Gasteiger partial charge in [0.05, 0.1) is 17.7 Å². The molecule has 2 amide bonds. The minimum Gasteiger partial charge on any atom is -0.495 e. The SMILES string of the molecule is CCNC(=O)C(CC)N(Cc1ccc(F)cc1)C(=O)CN(c1cc(C)ccc1OC)S(=O)(=O)c1ccc(C)cc1. The molecule has 1 N–H and O–H groups in total. The van der Waals surface area contributed by atoms with E-state index in [0.717, 1.165) is 15.4 Å². The lowest BCUT2D eigenvalue weighted by Gasteiger charge is -2.33. The van der Waals surface area contributed by atoms with E-state index in [1.165, 1.54) is 48.4 Å². The van der Waals surface area contributed by atoms with Gasteiger partial charge in [0.25, 0.3) is 10.0 Å². The topological polar surface area (TPSA) is 96.0 Å². The Labute approximate surface area is 235 Å². The molecule has 0 aromatic heterocycles. The summed E-state index contributed by atoms with van der Waals surface area (Å²) >= 11 is 0. The average molecular weight is 570 g/mol. The Morgan fingerprint density at radius 1 is 0.950 bits per heavy atom. The van der Waals surface area contributed by atoms with Gasteiger partial charge in [-0.05, 0) is 74.7 Å². The number of amides is 2. The van der Waals surface area contributed by atoms with Crippen molar-refractivity contribution in [3.63, 3.8) is 0 Å². The Balaban J connectivity index is 2.12. The second-order valence-electron chi connectivity index (χ2n) is 9.47. The third kappa shape index (κ3) is 7.18. The molecular formula is C30H36FN3O5S. The average Bonchev–Trinajstić information content (AvgIpc) is 2.92. The molecule has 3 rings (SSSR count). The molecule has 0 saturated heterocycles. The lowest BCUT2D eigenvalue weighted by Crippen LogP contribution is -2.52. The molecule has 0 aliphatic carbocycles. The molecule has 1 atom stereocenters. The maximum atomic E-state index is 14.0. The van der Waals surface area contributed by atoms with Gasteiger partial charge in [0, 0.05) is 13.1 Å². The van der Waals surface area contributed by atoms with E-state index < -0.39 is 34.3 Å². The van der Waals surface area contributed by atoms with Crippen LogP contribution in [-0.4, -0.2) is 51.4 Å². The van der Waals surface area contributed by atoms with Gasteiger partial charge in [0.2, 0.25) is 11.8 Å². The van der Waals surface area contributed by atoms with Gasteiger partial charge in [-0.1, -0.05) is 42.8 Å². The molecule has 0 bridgehead atoms. The zero-order valence-electron chi connectivity index (χ0n) is 23.5. The number of anilines is 1. The molecule has 10 heteroatoms. The molecule has 1 unspecified atom stereocenters. The molecule has 40 heavy (non-hydrogen) atoms. The number of ether oxygens (including phenoxy) is 1. The zero-order valence-corrected chi connectivity index (χ0v) is 24.3. The van der Waals surface area contributed by atoms with Gasteiger partial charge in [-0.3, -0.25) is 13.9 Å². The number of hydrogen-bond donors (Lipinski definition) is 1. The third-order valence-electron chi connectivity index (χ3n) is 6.49. The van der Waals surface area contributed by atoms with Gasteiger partial charge < -0.3 is 15.0 Å². The van der Waals surface area contributed by atoms with Crippen molar-refractivity contribution < 1.29 is 27.1 Å². The number of hydrogen-bond acceptors (Lipinski definition) is 5. The van der Waals surface area contributed by atoms with E-state index in [-0.39, 0.29) is 35.2 Å². The summed E-state index contributed by atoms with van der Waals surface area (Å²) < 4.78 is 48.2. The van der Waals surface area contributed by atoms with Crippen LogP contribution in [0.15, 0.2) is 71.6 Å². The zero-order chi connectivity index (χ0) is 29.4. The summed E-state index contributed by atoms with van der Waals surface area (Å²) in [6.45, 7) is 6.96. The van der Waals surface area contributed by atoms with Crippen molar-refractivity contribution in [3.8, 4) is 5.75 Å². The first-order valence-corrected chi connectivity index (χ1v) is 14.5. The fraction of sp³-hybridized carbons (Fsp3) is 0.333. The van der Waals surface area contributed by atoms with Crippen LogP contribution < -0.4 is 14.4 Å². The fourth-order valence-corrected chi connectivity index (χ4v) is 5.76. The molecule has 8 nitrogen and oxygen atoms in total. The van der Waals surface area contributed by atoms with E-state index in [9.17, 15) is 22.4 Å². The summed E-state index contributed by atoms with van der Waals surface area (Å²) in [5.74, 6) is -1.11. The number of sulfonamides is 1. The highest BCUT2D eigenvalue weighted by atomic mass is 32.2. The van der Waals surface area contributed by atoms with E-state index in [0.29, 0.717) is 12.1 Å². The quantitative estimate of drug-likeness (QED) is 0.344. The monoisotopic (exact) mass is 569 g/mol. The second-order valence-corrected chi connectivity index (χ2v) is 11.3. The predicted molar refractivity (Wildman–Crippen MR) is 153 cm³/mol. The Morgan fingerprint density at radius 2 is 1.57 bits per heavy atom. The number of likely N-dealkylation sites (N-methyl/N-ethyl adjacent to an activating group) is 1. The van der Waals surface area contributed by atoms with Gasteiger partial charge in [0.15, 0.2) is 0 Å². The van der Waals surface area contributed by atoms with Crippen molar-refractivity contribution in [2.24, 2.45) is 0 Å². The van der Waals surface area contributed by atoms with Gasteiger partial charge in [0.1, 0.15) is 24.2 Å². The number of rotatable bonds is 12. The van der Waals surface area contributed by atoms with Crippen molar-refractivity contribution in [1.29, 1.82) is 0 Å². The van der Waals surface area contributed by atoms with Crippen LogP contribution in [0.4, 0.5) is 10.1 Å². The van der Waals surface area contributed by atoms with Crippen molar-refractivity contribution in [2.45, 2.75) is 51.6 Å². The number of carbonyl (C=O) groups excluding carboxylic acids is 2. The van der Waals surface area contributed by atoms with Gasteiger partial charge in [-0.25, -0.2) is 12.8 Å². The van der Waals surface area contributed by atoms with E-state index in [2.05, 4.69) is 5.32 Å². The first kappa shape index (κ1) is 30.6. The van der Waals surface area contributed by atoms with Crippen LogP contribution in [0.2, 0.25) is 0 Å². The van der Waals surface area contributed by atoms with Crippen LogP contribution in [0.1, 0.15) is 37.0 Å². The number of aryl methyl sites for hydroxylation is 2. The van der Waals surface area contributed by atoms with Gasteiger partial charge in [-0.15, -0.1) is 0 Å². The normalized spacial score (nSPS) is 11.9. The molecule has 0 spiro atoms. The number of nitrogens with one attached hydrogen (secondary N) is 1. The Bertz CT molecular complexity index is 1430. The highest BCUT2D eigenvalue weighted by Gasteiger charge is 2.34. The summed E-state index contributed by atoms with van der Waals surface area (Å²) in [4.78, 5) is 28.4. The summed E-state index contributed by atoms with van der Waals surface area (Å²) in [7, 11) is -2.81. The van der Waals surface area contributed by atoms with Crippen LogP contribution in [0.3, 0.4) is 0 Å². The fourth-order valence-electron chi connectivity index (χ4n) is 4.34. The highest BCUT2D eigenvalue weighted by molar-refractivity contribution is 7.92. The minimum absolute atomic E-state index is 0.00955. The number of nitrogens with zero attached hydrogens (tertiary/aromatic N) is 2. The molecule has 214 valence electrons. The standard InChI is InChI=1S/C30H36FN3O5S/c1-6-26(30(36)32-7-2)33(19-23-11-13-24(31)14-12-23)29(35)20-34(27-18-22(4)10-17-28(27)39-5)40(37,38)25-15-8-21(3)9-16-25/h8-18,26H,6-7,19-20H2,1-5H3,(H,32,36). The third-order valence-corrected chi connectivity index (χ3v) is 8.27. The van der Waals surface area contributed by atoms with Crippen LogP contribution in [0.25, 0.3) is 0 Å². The molecule has 0 fully saturated rings. The van der Waals surface area contributed by atoms with E-state index in [1.807, 2.05) is 13.8 Å². The number of carbonyl (C=O) groups is 2. The Morgan fingerprint density at radius 3 is 2.15 bits per heavy atom. The van der Waals surface area contributed by atoms with Gasteiger partial charge >= 0.3 is 0 Å². The number of methoxy groups -OCH3 is 1. The smallest absolute Gasteiger partial charge is 0.264 e. The lowest BCUT2D eigenvalue weighted by molar-refractivity contribution is -0.140. The molecule has 0 saturated carbocycles. The maximum absolute atomic E-state index is 14.0. The van der Waals surface area contributed by atoms with Crippen molar-refractivity contribution >= 4 is 27.5 Å². The summed E-state index contributed by atoms with van der Waals surface area (Å²) in [6.07, 6.45) is 0.289. The van der Waals surface area contributed by atoms with Crippen LogP contribution in [-0.2, 0) is 26.2 Å². The second kappa shape index (κ2) is 13.4. The first-order chi connectivity index (χ1) is 19.0. The van der Waals surface area contributed by atoms with Crippen LogP contribution >= 0.6 is 0 Å². The highest BCUT2D eigenvalue weighted by Crippen LogP contribution is 2.34. The summed E-state index contributed by atoms with van der Waals surface area (Å²) in [5, 5.41) is 2.75. The maximum Gasteiger partial charge on any atom is 0.264 e. The van der Waals surface area contributed by atoms with E-state index in [1.54, 1.807) is 44.2 Å². The largest absolute Gasteiger partial charge is 0.495 e. The molecule has 3 aromatic carbocycles.